The molecule has 4 amide bonds. The normalized spacial score (nSPS) is 20.4. The van der Waals surface area contributed by atoms with Crippen molar-refractivity contribution in [2.24, 2.45) is 5.92 Å². The van der Waals surface area contributed by atoms with Crippen LogP contribution in [-0.4, -0.2) is 28.4 Å². The standard InChI is InChI=1S/C18H25N3O3/c1-13(2)9-10-15(22)20-21-16(23)18(3,19-17(21)24)12-11-14-7-5-4-6-8-14/h4-8,13H,9-12H2,1-3H3,(H,19,24)(H,20,22). The topological polar surface area (TPSA) is 78.5 Å². The Morgan fingerprint density at radius 1 is 1.25 bits per heavy atom. The van der Waals surface area contributed by atoms with Crippen LogP contribution in [-0.2, 0) is 16.0 Å². The molecule has 2 N–H and O–H groups in total. The smallest absolute Gasteiger partial charge is 0.322 e. The first kappa shape index (κ1) is 18.0. The number of imide groups is 1. The molecule has 6 heteroatoms. The highest BCUT2D eigenvalue weighted by Crippen LogP contribution is 2.22. The maximum absolute atomic E-state index is 12.6. The Bertz CT molecular complexity index is 615. The second kappa shape index (κ2) is 7.47. The zero-order valence-electron chi connectivity index (χ0n) is 14.5. The third-order valence-electron chi connectivity index (χ3n) is 4.20. The lowest BCUT2D eigenvalue weighted by atomic mass is 9.93. The maximum atomic E-state index is 12.6. The van der Waals surface area contributed by atoms with E-state index in [0.29, 0.717) is 25.2 Å². The van der Waals surface area contributed by atoms with Gasteiger partial charge in [0.2, 0.25) is 5.91 Å². The van der Waals surface area contributed by atoms with Crippen LogP contribution >= 0.6 is 0 Å². The molecule has 0 aliphatic carbocycles. The first-order valence-electron chi connectivity index (χ1n) is 8.32. The van der Waals surface area contributed by atoms with Crippen molar-refractivity contribution in [3.05, 3.63) is 35.9 Å². The number of nitrogens with zero attached hydrogens (tertiary/aromatic N) is 1. The molecule has 1 aliphatic heterocycles. The summed E-state index contributed by atoms with van der Waals surface area (Å²) in [5, 5.41) is 3.51. The lowest BCUT2D eigenvalue weighted by Crippen LogP contribution is -2.48. The molecule has 1 aliphatic rings. The highest BCUT2D eigenvalue weighted by Gasteiger charge is 2.48. The third kappa shape index (κ3) is 4.34. The molecular formula is C18H25N3O3. The van der Waals surface area contributed by atoms with Crippen molar-refractivity contribution in [1.29, 1.82) is 0 Å². The summed E-state index contributed by atoms with van der Waals surface area (Å²) in [6, 6.07) is 9.20. The Labute approximate surface area is 142 Å². The quantitative estimate of drug-likeness (QED) is 0.753. The number of amides is 4. The minimum atomic E-state index is -1.00. The van der Waals surface area contributed by atoms with Gasteiger partial charge in [-0.1, -0.05) is 44.2 Å². The minimum Gasteiger partial charge on any atom is -0.322 e. The lowest BCUT2D eigenvalue weighted by Gasteiger charge is -2.21. The van der Waals surface area contributed by atoms with Crippen LogP contribution in [0.1, 0.15) is 45.6 Å². The summed E-state index contributed by atoms with van der Waals surface area (Å²) < 4.78 is 0. The molecule has 0 spiro atoms. The van der Waals surface area contributed by atoms with Gasteiger partial charge in [-0.25, -0.2) is 4.79 Å². The first-order valence-corrected chi connectivity index (χ1v) is 8.32. The van der Waals surface area contributed by atoms with Gasteiger partial charge in [0.05, 0.1) is 0 Å². The molecule has 130 valence electrons. The molecular weight excluding hydrogens is 306 g/mol. The predicted octanol–water partition coefficient (Wildman–Crippen LogP) is 2.40. The van der Waals surface area contributed by atoms with Gasteiger partial charge in [0.25, 0.3) is 5.91 Å². The zero-order valence-corrected chi connectivity index (χ0v) is 14.5. The fourth-order valence-corrected chi connectivity index (χ4v) is 2.59. The second-order valence-corrected chi connectivity index (χ2v) is 6.86. The van der Waals surface area contributed by atoms with Crippen molar-refractivity contribution in [3.8, 4) is 0 Å². The van der Waals surface area contributed by atoms with Gasteiger partial charge in [-0.2, -0.15) is 5.01 Å². The molecule has 1 atom stereocenters. The van der Waals surface area contributed by atoms with Crippen LogP contribution < -0.4 is 10.7 Å². The molecule has 2 rings (SSSR count). The molecule has 0 bridgehead atoms. The third-order valence-corrected chi connectivity index (χ3v) is 4.20. The van der Waals surface area contributed by atoms with Gasteiger partial charge in [-0.05, 0) is 37.7 Å². The van der Waals surface area contributed by atoms with Crippen LogP contribution in [0.3, 0.4) is 0 Å². The average Bonchev–Trinajstić information content (AvgIpc) is 2.76. The van der Waals surface area contributed by atoms with E-state index in [1.165, 1.54) is 0 Å². The number of aryl methyl sites for hydroxylation is 1. The van der Waals surface area contributed by atoms with Gasteiger partial charge in [0.1, 0.15) is 5.54 Å². The Hall–Kier alpha value is -2.37. The molecule has 1 aromatic carbocycles. The van der Waals surface area contributed by atoms with Gasteiger partial charge >= 0.3 is 6.03 Å². The zero-order chi connectivity index (χ0) is 17.7. The molecule has 0 radical (unpaired) electrons. The Morgan fingerprint density at radius 2 is 1.92 bits per heavy atom. The van der Waals surface area contributed by atoms with E-state index in [2.05, 4.69) is 10.7 Å². The Morgan fingerprint density at radius 3 is 2.54 bits per heavy atom. The fourth-order valence-electron chi connectivity index (χ4n) is 2.59. The van der Waals surface area contributed by atoms with Gasteiger partial charge in [-0.3, -0.25) is 15.0 Å². The van der Waals surface area contributed by atoms with Crippen LogP contribution in [0.5, 0.6) is 0 Å². The molecule has 6 nitrogen and oxygen atoms in total. The van der Waals surface area contributed by atoms with E-state index in [-0.39, 0.29) is 12.3 Å². The number of carbonyl (C=O) groups excluding carboxylic acids is 3. The Kier molecular flexibility index (Phi) is 5.59. The number of urea groups is 1. The summed E-state index contributed by atoms with van der Waals surface area (Å²) in [6.07, 6.45) is 2.13. The van der Waals surface area contributed by atoms with Crippen LogP contribution in [0.2, 0.25) is 0 Å². The number of hydrazine groups is 1. The largest absolute Gasteiger partial charge is 0.344 e. The molecule has 24 heavy (non-hydrogen) atoms. The van der Waals surface area contributed by atoms with Crippen molar-refractivity contribution in [2.45, 2.75) is 52.0 Å². The summed E-state index contributed by atoms with van der Waals surface area (Å²) in [7, 11) is 0. The maximum Gasteiger partial charge on any atom is 0.344 e. The van der Waals surface area contributed by atoms with E-state index in [1.54, 1.807) is 6.92 Å². The second-order valence-electron chi connectivity index (χ2n) is 6.86. The van der Waals surface area contributed by atoms with Crippen molar-refractivity contribution < 1.29 is 14.4 Å². The number of rotatable bonds is 7. The van der Waals surface area contributed by atoms with Gasteiger partial charge in [-0.15, -0.1) is 0 Å². The van der Waals surface area contributed by atoms with Gasteiger partial charge in [0, 0.05) is 6.42 Å². The van der Waals surface area contributed by atoms with Crippen LogP contribution in [0.4, 0.5) is 4.79 Å². The number of hydrogen-bond donors (Lipinski definition) is 2. The fraction of sp³-hybridized carbons (Fsp3) is 0.500. The predicted molar refractivity (Wildman–Crippen MR) is 90.8 cm³/mol. The van der Waals surface area contributed by atoms with E-state index in [4.69, 9.17) is 0 Å². The summed E-state index contributed by atoms with van der Waals surface area (Å²) in [4.78, 5) is 36.5. The van der Waals surface area contributed by atoms with E-state index < -0.39 is 17.5 Å². The monoisotopic (exact) mass is 331 g/mol. The van der Waals surface area contributed by atoms with Crippen LogP contribution in [0, 0.1) is 5.92 Å². The summed E-state index contributed by atoms with van der Waals surface area (Å²) in [6.45, 7) is 5.72. The first-order chi connectivity index (χ1) is 11.3. The number of nitrogens with one attached hydrogen (secondary N) is 2. The molecule has 1 unspecified atom stereocenters. The summed E-state index contributed by atoms with van der Waals surface area (Å²) in [5.41, 5.74) is 2.52. The van der Waals surface area contributed by atoms with Gasteiger partial charge in [0.15, 0.2) is 0 Å². The Balaban J connectivity index is 1.95. The SMILES string of the molecule is CC(C)CCC(=O)NN1C(=O)NC(C)(CCc2ccccc2)C1=O. The number of benzene rings is 1. The van der Waals surface area contributed by atoms with E-state index >= 15 is 0 Å². The number of carbonyl (C=O) groups is 3. The van der Waals surface area contributed by atoms with Crippen molar-refractivity contribution in [3.63, 3.8) is 0 Å². The highest BCUT2D eigenvalue weighted by molar-refractivity contribution is 6.07. The number of hydrogen-bond acceptors (Lipinski definition) is 3. The molecule has 0 aromatic heterocycles. The van der Waals surface area contributed by atoms with Crippen molar-refractivity contribution in [1.82, 2.24) is 15.8 Å². The lowest BCUT2D eigenvalue weighted by molar-refractivity contribution is -0.139. The van der Waals surface area contributed by atoms with Crippen molar-refractivity contribution >= 4 is 17.8 Å². The van der Waals surface area contributed by atoms with E-state index in [9.17, 15) is 14.4 Å². The van der Waals surface area contributed by atoms with E-state index in [1.807, 2.05) is 44.2 Å². The molecule has 1 heterocycles. The van der Waals surface area contributed by atoms with Crippen molar-refractivity contribution in [2.75, 3.05) is 0 Å². The van der Waals surface area contributed by atoms with E-state index in [0.717, 1.165) is 10.6 Å². The molecule has 1 fully saturated rings. The summed E-state index contributed by atoms with van der Waals surface area (Å²) >= 11 is 0. The highest BCUT2D eigenvalue weighted by atomic mass is 16.2. The molecule has 1 saturated heterocycles. The van der Waals surface area contributed by atoms with Crippen LogP contribution in [0.15, 0.2) is 30.3 Å². The van der Waals surface area contributed by atoms with Gasteiger partial charge < -0.3 is 5.32 Å². The molecule has 0 saturated carbocycles. The van der Waals surface area contributed by atoms with Crippen LogP contribution in [0.25, 0.3) is 0 Å². The summed E-state index contributed by atoms with van der Waals surface area (Å²) in [5.74, 6) is -0.351. The average molecular weight is 331 g/mol. The minimum absolute atomic E-state index is 0.287. The molecule has 1 aromatic rings.